The smallest absolute Gasteiger partial charge is 0.189 e. The fourth-order valence-corrected chi connectivity index (χ4v) is 4.57. The highest BCUT2D eigenvalue weighted by molar-refractivity contribution is 7.23. The minimum atomic E-state index is 0.510. The summed E-state index contributed by atoms with van der Waals surface area (Å²) in [7, 11) is 0. The van der Waals surface area contributed by atoms with E-state index >= 15 is 0 Å². The normalized spacial score (nSPS) is 11.1. The predicted molar refractivity (Wildman–Crippen MR) is 117 cm³/mol. The summed E-state index contributed by atoms with van der Waals surface area (Å²) in [5, 5.41) is 7.07. The molecular weight excluding hydrogens is 372 g/mol. The first kappa shape index (κ1) is 17.7. The first-order chi connectivity index (χ1) is 13.1. The summed E-state index contributed by atoms with van der Waals surface area (Å²) in [5.74, 6) is 1.03. The molecule has 2 heterocycles. The molecule has 2 aromatic carbocycles. The molecule has 0 spiro atoms. The van der Waals surface area contributed by atoms with Gasteiger partial charge < -0.3 is 11.1 Å². The molecular formula is C21H20N4S2. The van der Waals surface area contributed by atoms with Crippen LogP contribution in [-0.4, -0.2) is 9.97 Å². The van der Waals surface area contributed by atoms with Crippen LogP contribution in [0.4, 0.5) is 16.6 Å². The molecule has 0 saturated carbocycles. The van der Waals surface area contributed by atoms with Crippen molar-refractivity contribution in [2.24, 2.45) is 0 Å². The van der Waals surface area contributed by atoms with Gasteiger partial charge in [0, 0.05) is 16.6 Å². The van der Waals surface area contributed by atoms with Crippen molar-refractivity contribution in [1.82, 2.24) is 9.97 Å². The zero-order valence-electron chi connectivity index (χ0n) is 15.1. The highest BCUT2D eigenvalue weighted by Crippen LogP contribution is 2.39. The Bertz CT molecular complexity index is 1030. The number of thiazole rings is 2. The Morgan fingerprint density at radius 3 is 2.41 bits per heavy atom. The summed E-state index contributed by atoms with van der Waals surface area (Å²) < 4.78 is 0. The summed E-state index contributed by atoms with van der Waals surface area (Å²) in [6.45, 7) is 4.38. The third kappa shape index (κ3) is 3.86. The van der Waals surface area contributed by atoms with Gasteiger partial charge in [0.1, 0.15) is 15.7 Å². The van der Waals surface area contributed by atoms with E-state index in [1.807, 2.05) is 18.2 Å². The van der Waals surface area contributed by atoms with Gasteiger partial charge in [-0.05, 0) is 23.6 Å². The number of aromatic nitrogens is 2. The summed E-state index contributed by atoms with van der Waals surface area (Å²) in [5.41, 5.74) is 10.5. The molecule has 136 valence electrons. The highest BCUT2D eigenvalue weighted by Gasteiger charge is 2.15. The predicted octanol–water partition coefficient (Wildman–Crippen LogP) is 6.38. The van der Waals surface area contributed by atoms with Crippen LogP contribution in [0.2, 0.25) is 0 Å². The van der Waals surface area contributed by atoms with Crippen LogP contribution in [0.5, 0.6) is 0 Å². The lowest BCUT2D eigenvalue weighted by molar-refractivity contribution is 0.867. The van der Waals surface area contributed by atoms with Crippen LogP contribution in [0.15, 0.2) is 60.0 Å². The topological polar surface area (TPSA) is 63.8 Å². The molecule has 4 nitrogen and oxygen atoms in total. The maximum absolute atomic E-state index is 6.16. The van der Waals surface area contributed by atoms with Crippen molar-refractivity contribution in [3.05, 3.63) is 65.5 Å². The Kier molecular flexibility index (Phi) is 4.92. The average Bonchev–Trinajstić information content (AvgIpc) is 3.29. The molecule has 27 heavy (non-hydrogen) atoms. The van der Waals surface area contributed by atoms with E-state index in [2.05, 4.69) is 65.9 Å². The molecule has 0 amide bonds. The Morgan fingerprint density at radius 2 is 1.70 bits per heavy atom. The Labute approximate surface area is 166 Å². The fraction of sp³-hybridized carbons (Fsp3) is 0.143. The van der Waals surface area contributed by atoms with Crippen LogP contribution in [0, 0.1) is 0 Å². The summed E-state index contributed by atoms with van der Waals surface area (Å²) in [6, 6.07) is 18.6. The number of anilines is 3. The summed E-state index contributed by atoms with van der Waals surface area (Å²) in [6.07, 6.45) is 0. The van der Waals surface area contributed by atoms with Gasteiger partial charge in [-0.25, -0.2) is 9.97 Å². The number of rotatable bonds is 5. The number of nitrogen functional groups attached to an aromatic ring is 1. The van der Waals surface area contributed by atoms with Crippen molar-refractivity contribution >= 4 is 39.3 Å². The van der Waals surface area contributed by atoms with E-state index in [1.165, 1.54) is 16.9 Å². The Morgan fingerprint density at radius 1 is 0.963 bits per heavy atom. The molecule has 0 radical (unpaired) electrons. The lowest BCUT2D eigenvalue weighted by Crippen LogP contribution is -1.92. The number of nitrogens with zero attached hydrogens (tertiary/aromatic N) is 2. The molecule has 0 aliphatic heterocycles. The van der Waals surface area contributed by atoms with Crippen LogP contribution in [0.25, 0.3) is 21.1 Å². The van der Waals surface area contributed by atoms with Crippen molar-refractivity contribution in [3.8, 4) is 21.1 Å². The Hall–Kier alpha value is -2.70. The van der Waals surface area contributed by atoms with Gasteiger partial charge in [0.2, 0.25) is 0 Å². The van der Waals surface area contributed by atoms with Crippen molar-refractivity contribution in [3.63, 3.8) is 0 Å². The lowest BCUT2D eigenvalue weighted by Gasteiger charge is -2.07. The highest BCUT2D eigenvalue weighted by atomic mass is 32.1. The number of benzene rings is 2. The van der Waals surface area contributed by atoms with Crippen LogP contribution in [-0.2, 0) is 0 Å². The van der Waals surface area contributed by atoms with Crippen molar-refractivity contribution in [1.29, 1.82) is 0 Å². The molecule has 0 aliphatic carbocycles. The van der Waals surface area contributed by atoms with Gasteiger partial charge in [0.15, 0.2) is 5.13 Å². The van der Waals surface area contributed by atoms with E-state index in [0.717, 1.165) is 32.0 Å². The minimum absolute atomic E-state index is 0.510. The molecule has 4 aromatic rings. The zero-order valence-corrected chi connectivity index (χ0v) is 16.8. The van der Waals surface area contributed by atoms with Gasteiger partial charge in [-0.2, -0.15) is 0 Å². The molecule has 2 aromatic heterocycles. The van der Waals surface area contributed by atoms with E-state index < -0.39 is 0 Å². The van der Waals surface area contributed by atoms with E-state index in [9.17, 15) is 0 Å². The third-order valence-corrected chi connectivity index (χ3v) is 6.23. The zero-order chi connectivity index (χ0) is 18.8. The second-order valence-electron chi connectivity index (χ2n) is 6.54. The maximum atomic E-state index is 6.16. The van der Waals surface area contributed by atoms with E-state index in [1.54, 1.807) is 11.3 Å². The molecule has 0 unspecified atom stereocenters. The Balaban J connectivity index is 1.56. The van der Waals surface area contributed by atoms with Crippen molar-refractivity contribution in [2.75, 3.05) is 11.1 Å². The van der Waals surface area contributed by atoms with Crippen LogP contribution >= 0.6 is 22.7 Å². The maximum Gasteiger partial charge on any atom is 0.189 e. The number of nitrogens with two attached hydrogens (primary N) is 1. The van der Waals surface area contributed by atoms with Gasteiger partial charge in [-0.1, -0.05) is 67.6 Å². The number of hydrogen-bond acceptors (Lipinski definition) is 6. The van der Waals surface area contributed by atoms with E-state index in [4.69, 9.17) is 10.7 Å². The van der Waals surface area contributed by atoms with Gasteiger partial charge in [-0.15, -0.1) is 11.3 Å². The second-order valence-corrected chi connectivity index (χ2v) is 8.40. The first-order valence-corrected chi connectivity index (χ1v) is 10.4. The molecule has 4 rings (SSSR count). The number of hydrogen-bond donors (Lipinski definition) is 2. The largest absolute Gasteiger partial charge is 0.382 e. The SMILES string of the molecule is CC(C)c1ccc(Nc2nc(N)c(-c3nc(-c4ccccc4)cs3)s2)cc1. The molecule has 0 saturated heterocycles. The minimum Gasteiger partial charge on any atom is -0.382 e. The van der Waals surface area contributed by atoms with E-state index in [0.29, 0.717) is 11.7 Å². The fourth-order valence-electron chi connectivity index (χ4n) is 2.73. The molecule has 6 heteroatoms. The third-order valence-electron chi connectivity index (χ3n) is 4.25. The molecule has 0 bridgehead atoms. The van der Waals surface area contributed by atoms with Gasteiger partial charge in [-0.3, -0.25) is 0 Å². The van der Waals surface area contributed by atoms with Gasteiger partial charge in [0.25, 0.3) is 0 Å². The van der Waals surface area contributed by atoms with Crippen LogP contribution in [0.1, 0.15) is 25.3 Å². The number of nitrogens with one attached hydrogen (secondary N) is 1. The van der Waals surface area contributed by atoms with Crippen LogP contribution < -0.4 is 11.1 Å². The van der Waals surface area contributed by atoms with Gasteiger partial charge in [0.05, 0.1) is 5.69 Å². The quantitative estimate of drug-likeness (QED) is 0.413. The molecule has 0 aliphatic rings. The molecule has 3 N–H and O–H groups in total. The van der Waals surface area contributed by atoms with E-state index in [-0.39, 0.29) is 0 Å². The second kappa shape index (κ2) is 7.50. The van der Waals surface area contributed by atoms with Crippen molar-refractivity contribution in [2.45, 2.75) is 19.8 Å². The first-order valence-electron chi connectivity index (χ1n) is 8.75. The van der Waals surface area contributed by atoms with Crippen LogP contribution in [0.3, 0.4) is 0 Å². The molecule has 0 fully saturated rings. The van der Waals surface area contributed by atoms with Gasteiger partial charge >= 0.3 is 0 Å². The lowest BCUT2D eigenvalue weighted by atomic mass is 10.0. The van der Waals surface area contributed by atoms with Crippen molar-refractivity contribution < 1.29 is 0 Å². The summed E-state index contributed by atoms with van der Waals surface area (Å²) in [4.78, 5) is 10.1. The monoisotopic (exact) mass is 392 g/mol. The standard InChI is InChI=1S/C21H20N4S2/c1-13(2)14-8-10-16(11-9-14)23-21-25-19(22)18(27-21)20-24-17(12-26-20)15-6-4-3-5-7-15/h3-13H,22H2,1-2H3,(H,23,25). The summed E-state index contributed by atoms with van der Waals surface area (Å²) >= 11 is 3.12. The molecule has 0 atom stereocenters. The average molecular weight is 393 g/mol.